The van der Waals surface area contributed by atoms with E-state index in [-0.39, 0.29) is 5.82 Å². The van der Waals surface area contributed by atoms with Crippen LogP contribution in [0, 0.1) is 0 Å². The van der Waals surface area contributed by atoms with Crippen LogP contribution in [0.4, 0.5) is 5.82 Å². The Morgan fingerprint density at radius 1 is 1.18 bits per heavy atom. The number of benzene rings is 1. The molecular formula is C11H8ClN3O2. The Kier molecular flexibility index (Phi) is 3.20. The first-order valence-corrected chi connectivity index (χ1v) is 5.15. The number of nitrogens with one attached hydrogen (secondary N) is 2. The molecule has 1 aromatic heterocycles. The summed E-state index contributed by atoms with van der Waals surface area (Å²) in [6.45, 7) is 0. The van der Waals surface area contributed by atoms with Gasteiger partial charge in [-0.3, -0.25) is 14.8 Å². The van der Waals surface area contributed by atoms with Gasteiger partial charge >= 0.3 is 5.69 Å². The fourth-order valence-electron chi connectivity index (χ4n) is 1.24. The van der Waals surface area contributed by atoms with E-state index in [4.69, 9.17) is 11.6 Å². The number of H-pyrrole nitrogens is 2. The van der Waals surface area contributed by atoms with Crippen LogP contribution in [-0.4, -0.2) is 16.2 Å². The minimum Gasteiger partial charge on any atom is -0.292 e. The highest BCUT2D eigenvalue weighted by Gasteiger charge is 1.96. The molecule has 0 aliphatic rings. The monoisotopic (exact) mass is 249 g/mol. The second kappa shape index (κ2) is 4.80. The third-order valence-corrected chi connectivity index (χ3v) is 2.34. The largest absolute Gasteiger partial charge is 0.327 e. The van der Waals surface area contributed by atoms with Crippen molar-refractivity contribution in [1.29, 1.82) is 0 Å². The molecule has 0 atom stereocenters. The lowest BCUT2D eigenvalue weighted by Crippen LogP contribution is -2.20. The number of rotatable bonds is 2. The lowest BCUT2D eigenvalue weighted by Gasteiger charge is -1.96. The average Bonchev–Trinajstić information content (AvgIpc) is 2.27. The second-order valence-corrected chi connectivity index (χ2v) is 3.66. The Labute approximate surface area is 101 Å². The average molecular weight is 250 g/mol. The molecule has 0 saturated carbocycles. The summed E-state index contributed by atoms with van der Waals surface area (Å²) in [4.78, 5) is 30.4. The van der Waals surface area contributed by atoms with Crippen molar-refractivity contribution in [3.63, 3.8) is 0 Å². The van der Waals surface area contributed by atoms with Gasteiger partial charge in [-0.1, -0.05) is 29.8 Å². The van der Waals surface area contributed by atoms with Crippen LogP contribution >= 0.6 is 11.6 Å². The molecule has 5 nitrogen and oxygen atoms in total. The molecule has 0 saturated heterocycles. The van der Waals surface area contributed by atoms with E-state index >= 15 is 0 Å². The van der Waals surface area contributed by atoms with Gasteiger partial charge < -0.3 is 0 Å². The van der Waals surface area contributed by atoms with Crippen LogP contribution in [0.5, 0.6) is 0 Å². The van der Waals surface area contributed by atoms with E-state index in [1.807, 2.05) is 6.07 Å². The number of nitrogens with zero attached hydrogens (tertiary/aromatic N) is 1. The van der Waals surface area contributed by atoms with Gasteiger partial charge in [0.2, 0.25) is 0 Å². The van der Waals surface area contributed by atoms with E-state index in [1.54, 1.807) is 18.2 Å². The normalized spacial score (nSPS) is 10.9. The van der Waals surface area contributed by atoms with Crippen LogP contribution in [0.25, 0.3) is 0 Å². The minimum atomic E-state index is -0.594. The molecule has 2 rings (SSSR count). The highest BCUT2D eigenvalue weighted by molar-refractivity contribution is 6.33. The molecule has 0 aliphatic heterocycles. The summed E-state index contributed by atoms with van der Waals surface area (Å²) in [6.07, 6.45) is 1.48. The summed E-state index contributed by atoms with van der Waals surface area (Å²) < 4.78 is 0. The third-order valence-electron chi connectivity index (χ3n) is 1.99. The van der Waals surface area contributed by atoms with Gasteiger partial charge in [0.05, 0.1) is 0 Å². The first-order valence-electron chi connectivity index (χ1n) is 4.77. The van der Waals surface area contributed by atoms with Crippen LogP contribution in [0.3, 0.4) is 0 Å². The number of halogens is 1. The standard InChI is InChI=1S/C11H8ClN3O2/c12-8-4-2-1-3-7(8)6-13-9-5-10(16)15-11(17)14-9/h1-6H,(H2,14,15,16,17). The molecule has 0 amide bonds. The Morgan fingerprint density at radius 2 is 1.94 bits per heavy atom. The maximum atomic E-state index is 11.0. The maximum absolute atomic E-state index is 11.0. The number of hydrogen-bond acceptors (Lipinski definition) is 3. The van der Waals surface area contributed by atoms with Crippen LogP contribution in [0.1, 0.15) is 5.56 Å². The van der Waals surface area contributed by atoms with Crippen LogP contribution < -0.4 is 11.2 Å². The van der Waals surface area contributed by atoms with Crippen molar-refractivity contribution >= 4 is 23.6 Å². The van der Waals surface area contributed by atoms with Crippen LogP contribution in [0.2, 0.25) is 5.02 Å². The Morgan fingerprint density at radius 3 is 2.65 bits per heavy atom. The Balaban J connectivity index is 2.36. The fourth-order valence-corrected chi connectivity index (χ4v) is 1.43. The lowest BCUT2D eigenvalue weighted by molar-refractivity contribution is 1.03. The first kappa shape index (κ1) is 11.3. The second-order valence-electron chi connectivity index (χ2n) is 3.25. The molecule has 2 aromatic rings. The molecule has 0 aliphatic carbocycles. The summed E-state index contributed by atoms with van der Waals surface area (Å²) >= 11 is 5.92. The molecule has 0 spiro atoms. The number of hydrogen-bond donors (Lipinski definition) is 2. The molecule has 0 bridgehead atoms. The van der Waals surface area contributed by atoms with Crippen molar-refractivity contribution in [3.8, 4) is 0 Å². The quantitative estimate of drug-likeness (QED) is 0.791. The molecule has 17 heavy (non-hydrogen) atoms. The van der Waals surface area contributed by atoms with Gasteiger partial charge in [0.25, 0.3) is 5.56 Å². The van der Waals surface area contributed by atoms with E-state index in [0.29, 0.717) is 10.6 Å². The summed E-state index contributed by atoms with van der Waals surface area (Å²) in [5.41, 5.74) is -0.390. The molecule has 1 heterocycles. The molecule has 2 N–H and O–H groups in total. The third kappa shape index (κ3) is 2.92. The smallest absolute Gasteiger partial charge is 0.292 e. The zero-order chi connectivity index (χ0) is 12.3. The van der Waals surface area contributed by atoms with Crippen LogP contribution in [0.15, 0.2) is 44.9 Å². The van der Waals surface area contributed by atoms with Crippen molar-refractivity contribution in [2.24, 2.45) is 4.99 Å². The van der Waals surface area contributed by atoms with Crippen molar-refractivity contribution in [2.45, 2.75) is 0 Å². The molecule has 0 unspecified atom stereocenters. The number of aliphatic imine (C=N–C) groups is 1. The van der Waals surface area contributed by atoms with E-state index in [1.165, 1.54) is 12.3 Å². The van der Waals surface area contributed by atoms with Crippen molar-refractivity contribution in [1.82, 2.24) is 9.97 Å². The lowest BCUT2D eigenvalue weighted by atomic mass is 10.2. The highest BCUT2D eigenvalue weighted by atomic mass is 35.5. The molecule has 0 fully saturated rings. The van der Waals surface area contributed by atoms with Gasteiger partial charge in [-0.15, -0.1) is 0 Å². The van der Waals surface area contributed by atoms with Gasteiger partial charge in [0.15, 0.2) is 0 Å². The van der Waals surface area contributed by atoms with Gasteiger partial charge in [0.1, 0.15) is 5.82 Å². The maximum Gasteiger partial charge on any atom is 0.327 e. The molecule has 6 heteroatoms. The summed E-state index contributed by atoms with van der Waals surface area (Å²) in [5.74, 6) is 0.179. The van der Waals surface area contributed by atoms with E-state index in [0.717, 1.165) is 0 Å². The molecular weight excluding hydrogens is 242 g/mol. The number of aromatic nitrogens is 2. The Hall–Kier alpha value is -2.14. The SMILES string of the molecule is O=c1cc(N=Cc2ccccc2Cl)[nH]c(=O)[nH]1. The van der Waals surface area contributed by atoms with Crippen LogP contribution in [-0.2, 0) is 0 Å². The predicted octanol–water partition coefficient (Wildman–Crippen LogP) is 1.47. The zero-order valence-electron chi connectivity index (χ0n) is 8.61. The summed E-state index contributed by atoms with van der Waals surface area (Å²) in [6, 6.07) is 8.30. The van der Waals surface area contributed by atoms with E-state index in [2.05, 4.69) is 15.0 Å². The predicted molar refractivity (Wildman–Crippen MR) is 66.4 cm³/mol. The molecule has 86 valence electrons. The Bertz CT molecular complexity index is 644. The van der Waals surface area contributed by atoms with Gasteiger partial charge in [-0.2, -0.15) is 0 Å². The van der Waals surface area contributed by atoms with Gasteiger partial charge in [-0.05, 0) is 6.07 Å². The van der Waals surface area contributed by atoms with E-state index in [9.17, 15) is 9.59 Å². The topological polar surface area (TPSA) is 78.1 Å². The first-order chi connectivity index (χ1) is 8.15. The van der Waals surface area contributed by atoms with Crippen molar-refractivity contribution in [3.05, 3.63) is 61.8 Å². The summed E-state index contributed by atoms with van der Waals surface area (Å²) in [5, 5.41) is 0.545. The summed E-state index contributed by atoms with van der Waals surface area (Å²) in [7, 11) is 0. The fraction of sp³-hybridized carbons (Fsp3) is 0. The van der Waals surface area contributed by atoms with Crippen molar-refractivity contribution < 1.29 is 0 Å². The van der Waals surface area contributed by atoms with Crippen molar-refractivity contribution in [2.75, 3.05) is 0 Å². The zero-order valence-corrected chi connectivity index (χ0v) is 9.36. The highest BCUT2D eigenvalue weighted by Crippen LogP contribution is 2.13. The molecule has 0 radical (unpaired) electrons. The number of aromatic amines is 2. The minimum absolute atomic E-state index is 0.179. The van der Waals surface area contributed by atoms with E-state index < -0.39 is 11.2 Å². The van der Waals surface area contributed by atoms with Gasteiger partial charge in [0, 0.05) is 22.9 Å². The van der Waals surface area contributed by atoms with Gasteiger partial charge in [-0.25, -0.2) is 9.79 Å². The molecule has 1 aromatic carbocycles.